The SMILES string of the molecule is O=C(O)CCSSCCNC(=O)C(F)(F)F. The van der Waals surface area contributed by atoms with Crippen molar-refractivity contribution >= 4 is 33.5 Å². The van der Waals surface area contributed by atoms with Gasteiger partial charge in [-0.25, -0.2) is 0 Å². The van der Waals surface area contributed by atoms with Crippen molar-refractivity contribution < 1.29 is 27.9 Å². The second kappa shape index (κ2) is 7.66. The number of carboxylic acids is 1. The fourth-order valence-electron chi connectivity index (χ4n) is 0.553. The third kappa shape index (κ3) is 8.72. The highest BCUT2D eigenvalue weighted by Crippen LogP contribution is 2.21. The molecule has 0 radical (unpaired) electrons. The molecule has 0 aliphatic heterocycles. The largest absolute Gasteiger partial charge is 0.481 e. The Bertz CT molecular complexity index is 248. The van der Waals surface area contributed by atoms with Gasteiger partial charge < -0.3 is 10.4 Å². The molecule has 0 aliphatic carbocycles. The van der Waals surface area contributed by atoms with Gasteiger partial charge in [0.2, 0.25) is 0 Å². The van der Waals surface area contributed by atoms with Crippen LogP contribution in [-0.2, 0) is 9.59 Å². The normalized spacial score (nSPS) is 11.2. The van der Waals surface area contributed by atoms with Gasteiger partial charge in [0.1, 0.15) is 0 Å². The average Bonchev–Trinajstić information content (AvgIpc) is 2.14. The van der Waals surface area contributed by atoms with E-state index >= 15 is 0 Å². The maximum absolute atomic E-state index is 11.7. The van der Waals surface area contributed by atoms with Gasteiger partial charge in [0.15, 0.2) is 0 Å². The van der Waals surface area contributed by atoms with Crippen LogP contribution in [0.1, 0.15) is 6.42 Å². The van der Waals surface area contributed by atoms with E-state index in [0.717, 1.165) is 0 Å². The Labute approximate surface area is 97.7 Å². The highest BCUT2D eigenvalue weighted by molar-refractivity contribution is 8.76. The fourth-order valence-corrected chi connectivity index (χ4v) is 2.44. The Morgan fingerprint density at radius 1 is 1.19 bits per heavy atom. The number of hydrogen-bond acceptors (Lipinski definition) is 4. The summed E-state index contributed by atoms with van der Waals surface area (Å²) in [5.74, 6) is -2.19. The first-order valence-electron chi connectivity index (χ1n) is 4.15. The second-order valence-electron chi connectivity index (χ2n) is 2.54. The Balaban J connectivity index is 3.34. The Hall–Kier alpha value is -0.570. The van der Waals surface area contributed by atoms with Gasteiger partial charge in [0.25, 0.3) is 0 Å². The molecule has 0 heterocycles. The van der Waals surface area contributed by atoms with Gasteiger partial charge in [-0.3, -0.25) is 9.59 Å². The van der Waals surface area contributed by atoms with Crippen molar-refractivity contribution in [2.24, 2.45) is 0 Å². The molecular weight excluding hydrogens is 267 g/mol. The Kier molecular flexibility index (Phi) is 7.39. The van der Waals surface area contributed by atoms with Crippen LogP contribution in [0.5, 0.6) is 0 Å². The summed E-state index contributed by atoms with van der Waals surface area (Å²) in [5, 5.41) is 9.98. The van der Waals surface area contributed by atoms with E-state index in [1.54, 1.807) is 5.32 Å². The monoisotopic (exact) mass is 277 g/mol. The first kappa shape index (κ1) is 15.4. The van der Waals surface area contributed by atoms with Crippen LogP contribution in [0.4, 0.5) is 13.2 Å². The lowest BCUT2D eigenvalue weighted by molar-refractivity contribution is -0.173. The minimum Gasteiger partial charge on any atom is -0.481 e. The zero-order valence-corrected chi connectivity index (χ0v) is 9.68. The number of halogens is 3. The minimum absolute atomic E-state index is 0.00652. The molecule has 0 saturated heterocycles. The summed E-state index contributed by atoms with van der Waals surface area (Å²) in [6.07, 6.45) is -4.84. The van der Waals surface area contributed by atoms with Crippen molar-refractivity contribution in [3.05, 3.63) is 0 Å². The van der Waals surface area contributed by atoms with Crippen LogP contribution >= 0.6 is 21.6 Å². The van der Waals surface area contributed by atoms with Crippen molar-refractivity contribution in [3.63, 3.8) is 0 Å². The van der Waals surface area contributed by atoms with Gasteiger partial charge in [-0.1, -0.05) is 21.6 Å². The van der Waals surface area contributed by atoms with Crippen molar-refractivity contribution in [3.8, 4) is 0 Å². The number of carboxylic acid groups (broad SMARTS) is 1. The van der Waals surface area contributed by atoms with Gasteiger partial charge in [-0.15, -0.1) is 0 Å². The number of aliphatic carboxylic acids is 1. The summed E-state index contributed by atoms with van der Waals surface area (Å²) < 4.78 is 35.0. The minimum atomic E-state index is -4.85. The average molecular weight is 277 g/mol. The summed E-state index contributed by atoms with van der Waals surface area (Å²) in [7, 11) is 2.46. The first-order valence-corrected chi connectivity index (χ1v) is 6.64. The summed E-state index contributed by atoms with van der Waals surface area (Å²) in [6.45, 7) is -0.0942. The molecule has 94 valence electrons. The number of amides is 1. The molecule has 16 heavy (non-hydrogen) atoms. The number of carbonyl (C=O) groups excluding carboxylic acids is 1. The number of alkyl halides is 3. The predicted molar refractivity (Wildman–Crippen MR) is 56.2 cm³/mol. The van der Waals surface area contributed by atoms with Crippen molar-refractivity contribution in [2.75, 3.05) is 18.1 Å². The molecule has 0 aliphatic rings. The first-order chi connectivity index (χ1) is 7.34. The number of carbonyl (C=O) groups is 2. The Morgan fingerprint density at radius 3 is 2.25 bits per heavy atom. The summed E-state index contributed by atoms with van der Waals surface area (Å²) >= 11 is 0. The molecule has 9 heteroatoms. The number of nitrogens with one attached hydrogen (secondary N) is 1. The van der Waals surface area contributed by atoms with Gasteiger partial charge in [-0.05, 0) is 0 Å². The quantitative estimate of drug-likeness (QED) is 0.545. The molecule has 4 nitrogen and oxygen atoms in total. The lowest BCUT2D eigenvalue weighted by atomic mass is 10.5. The van der Waals surface area contributed by atoms with Crippen molar-refractivity contribution in [2.45, 2.75) is 12.6 Å². The second-order valence-corrected chi connectivity index (χ2v) is 5.24. The van der Waals surface area contributed by atoms with Crippen LogP contribution in [0.25, 0.3) is 0 Å². The fraction of sp³-hybridized carbons (Fsp3) is 0.714. The molecule has 0 fully saturated rings. The lowest BCUT2D eigenvalue weighted by Gasteiger charge is -2.06. The zero-order valence-electron chi connectivity index (χ0n) is 8.04. The highest BCUT2D eigenvalue weighted by Gasteiger charge is 2.38. The standard InChI is InChI=1S/C7H10F3NO3S2/c8-7(9,10)6(14)11-2-4-16-15-3-1-5(12)13/h1-4H2,(H,11,14)(H,12,13). The molecule has 0 atom stereocenters. The van der Waals surface area contributed by atoms with Crippen LogP contribution in [-0.4, -0.2) is 41.2 Å². The van der Waals surface area contributed by atoms with Gasteiger partial charge in [-0.2, -0.15) is 13.2 Å². The van der Waals surface area contributed by atoms with E-state index in [9.17, 15) is 22.8 Å². The van der Waals surface area contributed by atoms with E-state index in [2.05, 4.69) is 0 Å². The predicted octanol–water partition coefficient (Wildman–Crippen LogP) is 1.52. The molecule has 0 bridgehead atoms. The van der Waals surface area contributed by atoms with Gasteiger partial charge >= 0.3 is 18.1 Å². The smallest absolute Gasteiger partial charge is 0.471 e. The summed E-state index contributed by atoms with van der Waals surface area (Å²) in [4.78, 5) is 20.4. The van der Waals surface area contributed by atoms with Crippen LogP contribution in [0.2, 0.25) is 0 Å². The van der Waals surface area contributed by atoms with Crippen LogP contribution in [0.15, 0.2) is 0 Å². The highest BCUT2D eigenvalue weighted by atomic mass is 33.1. The lowest BCUT2D eigenvalue weighted by Crippen LogP contribution is -2.37. The molecule has 0 aromatic heterocycles. The van der Waals surface area contributed by atoms with E-state index in [4.69, 9.17) is 5.11 Å². The van der Waals surface area contributed by atoms with E-state index < -0.39 is 18.1 Å². The maximum atomic E-state index is 11.7. The molecule has 0 aromatic carbocycles. The zero-order chi connectivity index (χ0) is 12.6. The third-order valence-electron chi connectivity index (χ3n) is 1.21. The topological polar surface area (TPSA) is 66.4 Å². The van der Waals surface area contributed by atoms with E-state index in [1.807, 2.05) is 0 Å². The summed E-state index contributed by atoms with van der Waals surface area (Å²) in [6, 6.07) is 0. The molecular formula is C7H10F3NO3S2. The Morgan fingerprint density at radius 2 is 1.75 bits per heavy atom. The van der Waals surface area contributed by atoms with E-state index in [0.29, 0.717) is 11.5 Å². The molecule has 2 N–H and O–H groups in total. The molecule has 0 spiro atoms. The number of hydrogen-bond donors (Lipinski definition) is 2. The molecule has 0 saturated carbocycles. The maximum Gasteiger partial charge on any atom is 0.471 e. The third-order valence-corrected chi connectivity index (χ3v) is 3.62. The van der Waals surface area contributed by atoms with Crippen LogP contribution in [0, 0.1) is 0 Å². The molecule has 0 aromatic rings. The van der Waals surface area contributed by atoms with E-state index in [1.165, 1.54) is 21.6 Å². The van der Waals surface area contributed by atoms with Crippen molar-refractivity contribution in [1.82, 2.24) is 5.32 Å². The molecule has 0 unspecified atom stereocenters. The van der Waals surface area contributed by atoms with Gasteiger partial charge in [0.05, 0.1) is 6.42 Å². The van der Waals surface area contributed by atoms with Crippen LogP contribution < -0.4 is 5.32 Å². The molecule has 0 rings (SSSR count). The van der Waals surface area contributed by atoms with Crippen LogP contribution in [0.3, 0.4) is 0 Å². The summed E-state index contributed by atoms with van der Waals surface area (Å²) in [5.41, 5.74) is 0. The van der Waals surface area contributed by atoms with Crippen molar-refractivity contribution in [1.29, 1.82) is 0 Å². The van der Waals surface area contributed by atoms with E-state index in [-0.39, 0.29) is 13.0 Å². The number of rotatable bonds is 7. The van der Waals surface area contributed by atoms with Gasteiger partial charge in [0, 0.05) is 18.1 Å². The molecule has 1 amide bonds.